The zero-order valence-corrected chi connectivity index (χ0v) is 7.88. The first-order valence-corrected chi connectivity index (χ1v) is 4.37. The molecule has 0 amide bonds. The van der Waals surface area contributed by atoms with Crippen molar-refractivity contribution in [3.8, 4) is 0 Å². The maximum Gasteiger partial charge on any atom is 0.115 e. The van der Waals surface area contributed by atoms with Gasteiger partial charge in [0.1, 0.15) is 6.33 Å². The Kier molecular flexibility index (Phi) is 4.98. The quantitative estimate of drug-likeness (QED) is 0.738. The first-order valence-electron chi connectivity index (χ1n) is 4.37. The molecular weight excluding hydrogens is 174 g/mol. The van der Waals surface area contributed by atoms with Gasteiger partial charge in [-0.05, 0) is 11.6 Å². The van der Waals surface area contributed by atoms with Crippen molar-refractivity contribution in [3.05, 3.63) is 60.7 Å². The Hall–Kier alpha value is -1.74. The first kappa shape index (κ1) is 10.3. The Bertz CT molecular complexity index is 294. The van der Waals surface area contributed by atoms with Crippen LogP contribution in [0.1, 0.15) is 5.56 Å². The van der Waals surface area contributed by atoms with Gasteiger partial charge in [0.05, 0.1) is 0 Å². The minimum atomic E-state index is 0.640. The predicted octanol–water partition coefficient (Wildman–Crippen LogP) is 1.62. The van der Waals surface area contributed by atoms with Crippen LogP contribution in [0.15, 0.2) is 55.1 Å². The lowest BCUT2D eigenvalue weighted by atomic mass is 10.2. The second-order valence-corrected chi connectivity index (χ2v) is 2.59. The van der Waals surface area contributed by atoms with Gasteiger partial charge in [-0.1, -0.05) is 30.3 Å². The lowest BCUT2D eigenvalue weighted by Crippen LogP contribution is -1.94. The van der Waals surface area contributed by atoms with E-state index in [1.807, 2.05) is 30.3 Å². The molecule has 0 aliphatic rings. The normalized spacial score (nSPS) is 8.64. The van der Waals surface area contributed by atoms with Crippen LogP contribution >= 0.6 is 0 Å². The summed E-state index contributed by atoms with van der Waals surface area (Å²) in [6.07, 6.45) is 4.88. The summed E-state index contributed by atoms with van der Waals surface area (Å²) in [6, 6.07) is 11.8. The zero-order chi connectivity index (χ0) is 10.1. The van der Waals surface area contributed by atoms with Gasteiger partial charge in [0.2, 0.25) is 0 Å². The Balaban J connectivity index is 0.000000146. The molecule has 0 atom stereocenters. The molecule has 0 bridgehead atoms. The van der Waals surface area contributed by atoms with E-state index in [4.69, 9.17) is 5.73 Å². The average Bonchev–Trinajstić information content (AvgIpc) is 2.33. The molecule has 3 nitrogen and oxygen atoms in total. The molecule has 0 radical (unpaired) electrons. The van der Waals surface area contributed by atoms with Gasteiger partial charge in [-0.25, -0.2) is 9.97 Å². The molecule has 0 saturated heterocycles. The predicted molar refractivity (Wildman–Crippen MR) is 56.4 cm³/mol. The lowest BCUT2D eigenvalue weighted by molar-refractivity contribution is 1.07. The van der Waals surface area contributed by atoms with E-state index in [1.165, 1.54) is 11.9 Å². The van der Waals surface area contributed by atoms with E-state index in [2.05, 4.69) is 9.97 Å². The highest BCUT2D eigenvalue weighted by Gasteiger charge is 1.80. The van der Waals surface area contributed by atoms with Gasteiger partial charge in [0.25, 0.3) is 0 Å². The van der Waals surface area contributed by atoms with Gasteiger partial charge >= 0.3 is 0 Å². The second kappa shape index (κ2) is 6.74. The van der Waals surface area contributed by atoms with Crippen molar-refractivity contribution in [2.45, 2.75) is 6.54 Å². The van der Waals surface area contributed by atoms with Crippen LogP contribution in [0.2, 0.25) is 0 Å². The fraction of sp³-hybridized carbons (Fsp3) is 0.0909. The smallest absolute Gasteiger partial charge is 0.115 e. The van der Waals surface area contributed by atoms with Gasteiger partial charge in [0.15, 0.2) is 0 Å². The maximum atomic E-state index is 5.35. The molecular formula is C11H13N3. The van der Waals surface area contributed by atoms with Crippen molar-refractivity contribution in [3.63, 3.8) is 0 Å². The molecule has 3 heteroatoms. The minimum Gasteiger partial charge on any atom is -0.326 e. The third-order valence-corrected chi connectivity index (χ3v) is 1.56. The number of hydrogen-bond acceptors (Lipinski definition) is 3. The maximum absolute atomic E-state index is 5.35. The molecule has 2 aromatic rings. The van der Waals surface area contributed by atoms with E-state index >= 15 is 0 Å². The second-order valence-electron chi connectivity index (χ2n) is 2.59. The molecule has 1 aromatic carbocycles. The number of rotatable bonds is 1. The van der Waals surface area contributed by atoms with Crippen LogP contribution in [0.25, 0.3) is 0 Å². The summed E-state index contributed by atoms with van der Waals surface area (Å²) in [5.41, 5.74) is 6.54. The number of aromatic nitrogens is 2. The lowest BCUT2D eigenvalue weighted by Gasteiger charge is -1.90. The van der Waals surface area contributed by atoms with E-state index in [-0.39, 0.29) is 0 Å². The molecule has 0 aliphatic heterocycles. The number of benzene rings is 1. The van der Waals surface area contributed by atoms with E-state index in [0.717, 1.165) is 0 Å². The van der Waals surface area contributed by atoms with Crippen LogP contribution in [-0.4, -0.2) is 9.97 Å². The Morgan fingerprint density at radius 3 is 1.86 bits per heavy atom. The number of hydrogen-bond donors (Lipinski definition) is 1. The number of nitrogens with zero attached hydrogens (tertiary/aromatic N) is 2. The molecule has 0 spiro atoms. The van der Waals surface area contributed by atoms with Gasteiger partial charge in [0, 0.05) is 18.9 Å². The first-order chi connectivity index (χ1) is 6.93. The van der Waals surface area contributed by atoms with Crippen molar-refractivity contribution in [1.82, 2.24) is 9.97 Å². The summed E-state index contributed by atoms with van der Waals surface area (Å²) >= 11 is 0. The Morgan fingerprint density at radius 2 is 1.57 bits per heavy atom. The summed E-state index contributed by atoms with van der Waals surface area (Å²) in [5.74, 6) is 0. The third kappa shape index (κ3) is 4.33. The van der Waals surface area contributed by atoms with E-state index in [1.54, 1.807) is 18.5 Å². The topological polar surface area (TPSA) is 51.8 Å². The summed E-state index contributed by atoms with van der Waals surface area (Å²) in [4.78, 5) is 7.35. The largest absolute Gasteiger partial charge is 0.326 e. The van der Waals surface area contributed by atoms with Gasteiger partial charge < -0.3 is 5.73 Å². The van der Waals surface area contributed by atoms with Crippen molar-refractivity contribution < 1.29 is 0 Å². The van der Waals surface area contributed by atoms with Crippen LogP contribution < -0.4 is 5.73 Å². The van der Waals surface area contributed by atoms with Gasteiger partial charge in [-0.2, -0.15) is 0 Å². The molecule has 2 N–H and O–H groups in total. The van der Waals surface area contributed by atoms with Crippen LogP contribution in [-0.2, 0) is 6.54 Å². The van der Waals surface area contributed by atoms with E-state index < -0.39 is 0 Å². The average molecular weight is 187 g/mol. The Morgan fingerprint density at radius 1 is 0.929 bits per heavy atom. The van der Waals surface area contributed by atoms with Crippen LogP contribution in [0.5, 0.6) is 0 Å². The number of nitrogens with two attached hydrogens (primary N) is 1. The molecule has 0 unspecified atom stereocenters. The standard InChI is InChI=1S/C7H9N.C4H4N2/c8-6-7-4-2-1-3-5-7;1-2-5-4-6-3-1/h1-5H,6,8H2;1-4H. The summed E-state index contributed by atoms with van der Waals surface area (Å²) in [6.45, 7) is 0.640. The van der Waals surface area contributed by atoms with Crippen molar-refractivity contribution >= 4 is 0 Å². The van der Waals surface area contributed by atoms with E-state index in [0.29, 0.717) is 6.54 Å². The van der Waals surface area contributed by atoms with Crippen molar-refractivity contribution in [2.75, 3.05) is 0 Å². The summed E-state index contributed by atoms with van der Waals surface area (Å²) < 4.78 is 0. The molecule has 72 valence electrons. The van der Waals surface area contributed by atoms with Crippen molar-refractivity contribution in [2.24, 2.45) is 5.73 Å². The molecule has 2 rings (SSSR count). The van der Waals surface area contributed by atoms with Gasteiger partial charge in [-0.3, -0.25) is 0 Å². The molecule has 1 aromatic heterocycles. The van der Waals surface area contributed by atoms with Gasteiger partial charge in [-0.15, -0.1) is 0 Å². The molecule has 0 saturated carbocycles. The molecule has 0 aliphatic carbocycles. The summed E-state index contributed by atoms with van der Waals surface area (Å²) in [7, 11) is 0. The van der Waals surface area contributed by atoms with Crippen LogP contribution in [0.3, 0.4) is 0 Å². The van der Waals surface area contributed by atoms with E-state index in [9.17, 15) is 0 Å². The van der Waals surface area contributed by atoms with Crippen LogP contribution in [0, 0.1) is 0 Å². The highest BCUT2D eigenvalue weighted by atomic mass is 14.8. The molecule has 0 fully saturated rings. The fourth-order valence-corrected chi connectivity index (χ4v) is 0.867. The molecule has 1 heterocycles. The minimum absolute atomic E-state index is 0.640. The zero-order valence-electron chi connectivity index (χ0n) is 7.88. The summed E-state index contributed by atoms with van der Waals surface area (Å²) in [5, 5.41) is 0. The monoisotopic (exact) mass is 187 g/mol. The molecule has 14 heavy (non-hydrogen) atoms. The van der Waals surface area contributed by atoms with Crippen LogP contribution in [0.4, 0.5) is 0 Å². The third-order valence-electron chi connectivity index (χ3n) is 1.56. The Labute approximate surface area is 83.6 Å². The SMILES string of the molecule is NCc1ccccc1.c1cncnc1. The fourth-order valence-electron chi connectivity index (χ4n) is 0.867. The highest BCUT2D eigenvalue weighted by molar-refractivity contribution is 5.13. The van der Waals surface area contributed by atoms with Crippen molar-refractivity contribution in [1.29, 1.82) is 0 Å². The highest BCUT2D eigenvalue weighted by Crippen LogP contribution is 1.94.